The van der Waals surface area contributed by atoms with E-state index in [1.54, 1.807) is 7.05 Å². The number of aliphatic imine (C=N–C) groups is 1. The summed E-state index contributed by atoms with van der Waals surface area (Å²) in [4.78, 5) is 6.59. The number of allylic oxidation sites excluding steroid dienone is 1. The molecule has 1 saturated heterocycles. The Morgan fingerprint density at radius 3 is 2.61 bits per heavy atom. The molecule has 0 unspecified atom stereocenters. The molecule has 1 heterocycles. The molecule has 0 saturated carbocycles. The first kappa shape index (κ1) is 15.0. The molecular weight excluding hydrogens is 228 g/mol. The smallest absolute Gasteiger partial charge is 0.191 e. The van der Waals surface area contributed by atoms with E-state index in [1.807, 2.05) is 0 Å². The van der Waals surface area contributed by atoms with Gasteiger partial charge in [-0.15, -0.1) is 0 Å². The van der Waals surface area contributed by atoms with Crippen molar-refractivity contribution in [3.8, 4) is 0 Å². The van der Waals surface area contributed by atoms with Gasteiger partial charge in [0.15, 0.2) is 5.96 Å². The van der Waals surface area contributed by atoms with Crippen molar-refractivity contribution in [3.05, 3.63) is 11.6 Å². The molecule has 1 aliphatic heterocycles. The summed E-state index contributed by atoms with van der Waals surface area (Å²) in [6, 6.07) is 0. The molecule has 0 aromatic carbocycles. The van der Waals surface area contributed by atoms with E-state index in [0.29, 0.717) is 0 Å². The highest BCUT2D eigenvalue weighted by Crippen LogP contribution is 1.94. The molecule has 1 fully saturated rings. The van der Waals surface area contributed by atoms with Crippen molar-refractivity contribution in [2.75, 3.05) is 53.0 Å². The molecule has 5 nitrogen and oxygen atoms in total. The second kappa shape index (κ2) is 8.94. The quantitative estimate of drug-likeness (QED) is 0.425. The van der Waals surface area contributed by atoms with E-state index >= 15 is 0 Å². The van der Waals surface area contributed by atoms with Gasteiger partial charge in [-0.25, -0.2) is 0 Å². The van der Waals surface area contributed by atoms with E-state index in [0.717, 1.165) is 51.9 Å². The van der Waals surface area contributed by atoms with Gasteiger partial charge in [0, 0.05) is 39.8 Å². The standard InChI is InChI=1S/C13H26N4O/c1-12(2)4-5-15-13(14-3)16-6-7-17-8-10-18-11-9-17/h4H,5-11H2,1-3H3,(H2,14,15,16). The largest absolute Gasteiger partial charge is 0.379 e. The molecular formula is C13H26N4O. The molecule has 1 aliphatic rings. The second-order valence-electron chi connectivity index (χ2n) is 4.62. The van der Waals surface area contributed by atoms with Crippen LogP contribution in [0.25, 0.3) is 0 Å². The third kappa shape index (κ3) is 6.61. The van der Waals surface area contributed by atoms with Crippen LogP contribution in [0.2, 0.25) is 0 Å². The van der Waals surface area contributed by atoms with Gasteiger partial charge in [0.2, 0.25) is 0 Å². The molecule has 18 heavy (non-hydrogen) atoms. The number of nitrogens with zero attached hydrogens (tertiary/aromatic N) is 2. The van der Waals surface area contributed by atoms with Crippen molar-refractivity contribution < 1.29 is 4.74 Å². The van der Waals surface area contributed by atoms with Crippen LogP contribution in [0.15, 0.2) is 16.6 Å². The first-order chi connectivity index (χ1) is 8.72. The Labute approximate surface area is 110 Å². The summed E-state index contributed by atoms with van der Waals surface area (Å²) < 4.78 is 5.32. The van der Waals surface area contributed by atoms with Gasteiger partial charge in [-0.3, -0.25) is 9.89 Å². The third-order valence-electron chi connectivity index (χ3n) is 2.83. The highest BCUT2D eigenvalue weighted by Gasteiger charge is 2.09. The van der Waals surface area contributed by atoms with Gasteiger partial charge >= 0.3 is 0 Å². The van der Waals surface area contributed by atoms with E-state index in [4.69, 9.17) is 4.74 Å². The lowest BCUT2D eigenvalue weighted by molar-refractivity contribution is 0.0389. The fourth-order valence-electron chi connectivity index (χ4n) is 1.73. The summed E-state index contributed by atoms with van der Waals surface area (Å²) in [5.74, 6) is 0.862. The lowest BCUT2D eigenvalue weighted by Gasteiger charge is -2.26. The van der Waals surface area contributed by atoms with Gasteiger partial charge in [0.1, 0.15) is 0 Å². The maximum atomic E-state index is 5.32. The zero-order valence-corrected chi connectivity index (χ0v) is 11.8. The van der Waals surface area contributed by atoms with E-state index in [9.17, 15) is 0 Å². The van der Waals surface area contributed by atoms with Gasteiger partial charge in [-0.1, -0.05) is 11.6 Å². The van der Waals surface area contributed by atoms with E-state index in [2.05, 4.69) is 40.4 Å². The summed E-state index contributed by atoms with van der Waals surface area (Å²) in [6.45, 7) is 10.7. The van der Waals surface area contributed by atoms with Crippen molar-refractivity contribution >= 4 is 5.96 Å². The number of rotatable bonds is 5. The van der Waals surface area contributed by atoms with E-state index in [-0.39, 0.29) is 0 Å². The Kier molecular flexibility index (Phi) is 7.44. The average Bonchev–Trinajstić information content (AvgIpc) is 2.38. The van der Waals surface area contributed by atoms with Crippen LogP contribution in [0, 0.1) is 0 Å². The first-order valence-electron chi connectivity index (χ1n) is 6.60. The van der Waals surface area contributed by atoms with Crippen molar-refractivity contribution in [3.63, 3.8) is 0 Å². The molecule has 0 spiro atoms. The van der Waals surface area contributed by atoms with Gasteiger partial charge in [-0.2, -0.15) is 0 Å². The molecule has 2 N–H and O–H groups in total. The van der Waals surface area contributed by atoms with Crippen LogP contribution >= 0.6 is 0 Å². The van der Waals surface area contributed by atoms with Crippen LogP contribution in [0.5, 0.6) is 0 Å². The van der Waals surface area contributed by atoms with Gasteiger partial charge in [0.25, 0.3) is 0 Å². The summed E-state index contributed by atoms with van der Waals surface area (Å²) in [7, 11) is 1.80. The van der Waals surface area contributed by atoms with Gasteiger partial charge in [-0.05, 0) is 13.8 Å². The van der Waals surface area contributed by atoms with Crippen LogP contribution < -0.4 is 10.6 Å². The van der Waals surface area contributed by atoms with Crippen LogP contribution in [0.4, 0.5) is 0 Å². The number of morpholine rings is 1. The number of hydrogen-bond acceptors (Lipinski definition) is 3. The normalized spacial score (nSPS) is 17.4. The molecule has 0 aromatic rings. The zero-order valence-electron chi connectivity index (χ0n) is 11.8. The number of ether oxygens (including phenoxy) is 1. The molecule has 0 atom stereocenters. The molecule has 0 bridgehead atoms. The zero-order chi connectivity index (χ0) is 13.2. The molecule has 104 valence electrons. The van der Waals surface area contributed by atoms with Gasteiger partial charge in [0.05, 0.1) is 13.2 Å². The van der Waals surface area contributed by atoms with Crippen LogP contribution in [0.3, 0.4) is 0 Å². The Morgan fingerprint density at radius 1 is 1.28 bits per heavy atom. The Bertz CT molecular complexity index is 279. The predicted octanol–water partition coefficient (Wildman–Crippen LogP) is 0.450. The Morgan fingerprint density at radius 2 is 2.00 bits per heavy atom. The maximum absolute atomic E-state index is 5.32. The minimum absolute atomic E-state index is 0.819. The molecule has 1 rings (SSSR count). The Balaban J connectivity index is 2.13. The topological polar surface area (TPSA) is 48.9 Å². The Hall–Kier alpha value is -1.07. The first-order valence-corrected chi connectivity index (χ1v) is 6.60. The van der Waals surface area contributed by atoms with Crippen molar-refractivity contribution in [1.29, 1.82) is 0 Å². The predicted molar refractivity (Wildman–Crippen MR) is 76.1 cm³/mol. The molecule has 0 radical (unpaired) electrons. The number of hydrogen-bond donors (Lipinski definition) is 2. The average molecular weight is 254 g/mol. The fourth-order valence-corrected chi connectivity index (χ4v) is 1.73. The van der Waals surface area contributed by atoms with Crippen molar-refractivity contribution in [2.45, 2.75) is 13.8 Å². The van der Waals surface area contributed by atoms with Crippen LogP contribution in [-0.4, -0.2) is 63.8 Å². The fraction of sp³-hybridized carbons (Fsp3) is 0.769. The highest BCUT2D eigenvalue weighted by molar-refractivity contribution is 5.79. The van der Waals surface area contributed by atoms with Gasteiger partial charge < -0.3 is 15.4 Å². The molecule has 0 aliphatic carbocycles. The van der Waals surface area contributed by atoms with E-state index < -0.39 is 0 Å². The SMILES string of the molecule is CN=C(NCC=C(C)C)NCCN1CCOCC1. The van der Waals surface area contributed by atoms with E-state index in [1.165, 1.54) is 5.57 Å². The van der Waals surface area contributed by atoms with Crippen LogP contribution in [0.1, 0.15) is 13.8 Å². The molecule has 0 aromatic heterocycles. The summed E-state index contributed by atoms with van der Waals surface area (Å²) in [6.07, 6.45) is 2.15. The summed E-state index contributed by atoms with van der Waals surface area (Å²) in [5, 5.41) is 6.58. The van der Waals surface area contributed by atoms with Crippen LogP contribution in [-0.2, 0) is 4.74 Å². The third-order valence-corrected chi connectivity index (χ3v) is 2.83. The van der Waals surface area contributed by atoms with Crippen molar-refractivity contribution in [1.82, 2.24) is 15.5 Å². The van der Waals surface area contributed by atoms with Crippen molar-refractivity contribution in [2.24, 2.45) is 4.99 Å². The monoisotopic (exact) mass is 254 g/mol. The minimum Gasteiger partial charge on any atom is -0.379 e. The molecule has 5 heteroatoms. The number of guanidine groups is 1. The minimum atomic E-state index is 0.819. The molecule has 0 amide bonds. The summed E-state index contributed by atoms with van der Waals surface area (Å²) in [5.41, 5.74) is 1.31. The number of nitrogens with one attached hydrogen (secondary N) is 2. The lowest BCUT2D eigenvalue weighted by Crippen LogP contribution is -2.44. The lowest BCUT2D eigenvalue weighted by atomic mass is 10.3. The summed E-state index contributed by atoms with van der Waals surface area (Å²) >= 11 is 0. The second-order valence-corrected chi connectivity index (χ2v) is 4.62. The maximum Gasteiger partial charge on any atom is 0.191 e. The highest BCUT2D eigenvalue weighted by atomic mass is 16.5.